The zero-order valence-electron chi connectivity index (χ0n) is 12.2. The third kappa shape index (κ3) is 4.15. The van der Waals surface area contributed by atoms with Crippen LogP contribution in [-0.4, -0.2) is 24.1 Å². The van der Waals surface area contributed by atoms with Crippen molar-refractivity contribution < 1.29 is 13.2 Å². The minimum Gasteiger partial charge on any atom is -0.347 e. The lowest BCUT2D eigenvalue weighted by Crippen LogP contribution is -2.23. The summed E-state index contributed by atoms with van der Waals surface area (Å²) < 4.78 is 24.0. The number of aromatic nitrogens is 2. The lowest BCUT2D eigenvalue weighted by molar-refractivity contribution is 0.0945. The van der Waals surface area contributed by atoms with Gasteiger partial charge in [-0.2, -0.15) is 5.10 Å². The van der Waals surface area contributed by atoms with Gasteiger partial charge in [-0.05, 0) is 30.2 Å². The number of carbonyl (C=O) groups excluding carboxylic acids is 1. The summed E-state index contributed by atoms with van der Waals surface area (Å²) >= 11 is 0. The predicted octanol–water partition coefficient (Wildman–Crippen LogP) is 0.870. The van der Waals surface area contributed by atoms with Crippen molar-refractivity contribution >= 4 is 15.9 Å². The van der Waals surface area contributed by atoms with E-state index in [9.17, 15) is 13.2 Å². The van der Waals surface area contributed by atoms with Crippen molar-refractivity contribution in [1.29, 1.82) is 0 Å². The highest BCUT2D eigenvalue weighted by Crippen LogP contribution is 2.08. The van der Waals surface area contributed by atoms with Gasteiger partial charge in [-0.15, -0.1) is 0 Å². The van der Waals surface area contributed by atoms with Crippen molar-refractivity contribution in [3.63, 3.8) is 0 Å². The third-order valence-electron chi connectivity index (χ3n) is 3.03. The third-order valence-corrected chi connectivity index (χ3v) is 3.96. The van der Waals surface area contributed by atoms with Gasteiger partial charge in [0.1, 0.15) is 5.69 Å². The van der Waals surface area contributed by atoms with Crippen LogP contribution in [0.2, 0.25) is 0 Å². The number of carbonyl (C=O) groups is 1. The van der Waals surface area contributed by atoms with Crippen LogP contribution in [-0.2, 0) is 23.1 Å². The second-order valence-corrected chi connectivity index (χ2v) is 6.40. The van der Waals surface area contributed by atoms with Gasteiger partial charge in [0, 0.05) is 19.3 Å². The fourth-order valence-corrected chi connectivity index (χ4v) is 2.42. The van der Waals surface area contributed by atoms with E-state index in [1.165, 1.54) is 12.1 Å². The highest BCUT2D eigenvalue weighted by Gasteiger charge is 2.10. The number of benzene rings is 1. The molecule has 0 aliphatic carbocycles. The molecule has 1 aromatic heterocycles. The number of rotatable bonds is 6. The molecule has 118 valence electrons. The summed E-state index contributed by atoms with van der Waals surface area (Å²) in [6.45, 7) is 3.08. The van der Waals surface area contributed by atoms with Crippen LogP contribution in [0.3, 0.4) is 0 Å². The summed E-state index contributed by atoms with van der Waals surface area (Å²) in [7, 11) is -3.70. The molecule has 1 heterocycles. The molecular formula is C14H18N4O3S. The largest absolute Gasteiger partial charge is 0.347 e. The summed E-state index contributed by atoms with van der Waals surface area (Å²) in [4.78, 5) is 12.0. The van der Waals surface area contributed by atoms with E-state index in [4.69, 9.17) is 5.14 Å². The fourth-order valence-electron chi connectivity index (χ4n) is 1.91. The molecule has 0 bridgehead atoms. The van der Waals surface area contributed by atoms with E-state index < -0.39 is 10.0 Å². The van der Waals surface area contributed by atoms with Crippen LogP contribution < -0.4 is 10.5 Å². The molecule has 0 fully saturated rings. The molecule has 0 aliphatic heterocycles. The fraction of sp³-hybridized carbons (Fsp3) is 0.286. The molecule has 0 spiro atoms. The summed E-state index contributed by atoms with van der Waals surface area (Å²) in [5.74, 6) is -0.273. The summed E-state index contributed by atoms with van der Waals surface area (Å²) in [5, 5.41) is 11.9. The Bertz CT molecular complexity index is 751. The Morgan fingerprint density at radius 1 is 1.27 bits per heavy atom. The monoisotopic (exact) mass is 322 g/mol. The van der Waals surface area contributed by atoms with Crippen molar-refractivity contribution in [1.82, 2.24) is 15.1 Å². The molecule has 0 aliphatic rings. The number of primary sulfonamides is 1. The molecule has 2 aromatic rings. The van der Waals surface area contributed by atoms with Crippen LogP contribution >= 0.6 is 0 Å². The maximum Gasteiger partial charge on any atom is 0.272 e. The molecule has 0 unspecified atom stereocenters. The normalized spacial score (nSPS) is 11.4. The average molecular weight is 322 g/mol. The van der Waals surface area contributed by atoms with Gasteiger partial charge in [-0.3, -0.25) is 9.48 Å². The zero-order chi connectivity index (χ0) is 16.2. The second kappa shape index (κ2) is 6.71. The SMILES string of the molecule is CCCn1ccc(C(=O)NCc2ccc(S(N)(=O)=O)cc2)n1. The Balaban J connectivity index is 1.95. The van der Waals surface area contributed by atoms with Gasteiger partial charge in [-0.25, -0.2) is 13.6 Å². The van der Waals surface area contributed by atoms with E-state index in [1.54, 1.807) is 29.1 Å². The summed E-state index contributed by atoms with van der Waals surface area (Å²) in [6, 6.07) is 7.69. The molecule has 7 nitrogen and oxygen atoms in total. The molecule has 3 N–H and O–H groups in total. The maximum atomic E-state index is 12.0. The Hall–Kier alpha value is -2.19. The van der Waals surface area contributed by atoms with Crippen molar-refractivity contribution in [2.45, 2.75) is 31.3 Å². The molecule has 1 aromatic carbocycles. The van der Waals surface area contributed by atoms with Crippen molar-refractivity contribution in [3.05, 3.63) is 47.8 Å². The minimum absolute atomic E-state index is 0.0425. The first-order chi connectivity index (χ1) is 10.4. The van der Waals surface area contributed by atoms with Crippen LogP contribution in [0, 0.1) is 0 Å². The van der Waals surface area contributed by atoms with E-state index in [0.29, 0.717) is 5.69 Å². The highest BCUT2D eigenvalue weighted by molar-refractivity contribution is 7.89. The minimum atomic E-state index is -3.70. The summed E-state index contributed by atoms with van der Waals surface area (Å²) in [5.41, 5.74) is 1.13. The Labute approximate surface area is 129 Å². The number of nitrogens with one attached hydrogen (secondary N) is 1. The van der Waals surface area contributed by atoms with Crippen molar-refractivity contribution in [3.8, 4) is 0 Å². The number of amides is 1. The highest BCUT2D eigenvalue weighted by atomic mass is 32.2. The van der Waals surface area contributed by atoms with Crippen LogP contribution in [0.5, 0.6) is 0 Å². The quantitative estimate of drug-likeness (QED) is 0.822. The lowest BCUT2D eigenvalue weighted by atomic mass is 10.2. The van der Waals surface area contributed by atoms with Gasteiger partial charge in [0.2, 0.25) is 10.0 Å². The van der Waals surface area contributed by atoms with Crippen LogP contribution in [0.15, 0.2) is 41.4 Å². The molecule has 8 heteroatoms. The van der Waals surface area contributed by atoms with E-state index in [1.807, 2.05) is 6.92 Å². The number of hydrogen-bond donors (Lipinski definition) is 2. The Morgan fingerprint density at radius 3 is 2.55 bits per heavy atom. The van der Waals surface area contributed by atoms with E-state index in [2.05, 4.69) is 10.4 Å². The Kier molecular flexibility index (Phi) is 4.94. The Morgan fingerprint density at radius 2 is 1.95 bits per heavy atom. The van der Waals surface area contributed by atoms with E-state index >= 15 is 0 Å². The van der Waals surface area contributed by atoms with Gasteiger partial charge in [0.05, 0.1) is 4.90 Å². The molecule has 0 saturated carbocycles. The van der Waals surface area contributed by atoms with Crippen molar-refractivity contribution in [2.24, 2.45) is 5.14 Å². The number of sulfonamides is 1. The number of nitrogens with zero attached hydrogens (tertiary/aromatic N) is 2. The van der Waals surface area contributed by atoms with E-state index in [0.717, 1.165) is 18.5 Å². The summed E-state index contributed by atoms with van der Waals surface area (Å²) in [6.07, 6.45) is 2.71. The zero-order valence-corrected chi connectivity index (χ0v) is 13.0. The van der Waals surface area contributed by atoms with Crippen LogP contribution in [0.4, 0.5) is 0 Å². The van der Waals surface area contributed by atoms with Crippen LogP contribution in [0.25, 0.3) is 0 Å². The first-order valence-corrected chi connectivity index (χ1v) is 8.38. The second-order valence-electron chi connectivity index (χ2n) is 4.84. The topological polar surface area (TPSA) is 107 Å². The van der Waals surface area contributed by atoms with Gasteiger partial charge in [0.15, 0.2) is 0 Å². The molecule has 2 rings (SSSR count). The van der Waals surface area contributed by atoms with Gasteiger partial charge in [-0.1, -0.05) is 19.1 Å². The first-order valence-electron chi connectivity index (χ1n) is 6.83. The number of nitrogens with two attached hydrogens (primary N) is 1. The van der Waals surface area contributed by atoms with Crippen LogP contribution in [0.1, 0.15) is 29.4 Å². The first kappa shape index (κ1) is 16.2. The predicted molar refractivity (Wildman–Crippen MR) is 81.5 cm³/mol. The standard InChI is InChI=1S/C14H18N4O3S/c1-2-8-18-9-7-13(17-18)14(19)16-10-11-3-5-12(6-4-11)22(15,20)21/h3-7,9H,2,8,10H2,1H3,(H,16,19)(H2,15,20,21). The molecule has 0 radical (unpaired) electrons. The molecule has 0 saturated heterocycles. The molecule has 1 amide bonds. The maximum absolute atomic E-state index is 12.0. The van der Waals surface area contributed by atoms with Gasteiger partial charge < -0.3 is 5.32 Å². The number of hydrogen-bond acceptors (Lipinski definition) is 4. The average Bonchev–Trinajstić information content (AvgIpc) is 2.93. The van der Waals surface area contributed by atoms with Gasteiger partial charge in [0.25, 0.3) is 5.91 Å². The van der Waals surface area contributed by atoms with Gasteiger partial charge >= 0.3 is 0 Å². The number of aryl methyl sites for hydroxylation is 1. The van der Waals surface area contributed by atoms with Crippen molar-refractivity contribution in [2.75, 3.05) is 0 Å². The lowest BCUT2D eigenvalue weighted by Gasteiger charge is -2.05. The smallest absolute Gasteiger partial charge is 0.272 e. The van der Waals surface area contributed by atoms with E-state index in [-0.39, 0.29) is 17.3 Å². The molecule has 0 atom stereocenters. The molecule has 22 heavy (non-hydrogen) atoms. The molecular weight excluding hydrogens is 304 g/mol.